The summed E-state index contributed by atoms with van der Waals surface area (Å²) in [6.45, 7) is 0. The van der Waals surface area contributed by atoms with Crippen molar-refractivity contribution in [2.75, 3.05) is 0 Å². The van der Waals surface area contributed by atoms with E-state index >= 15 is 0 Å². The molecule has 48 valence electrons. The minimum Gasteiger partial charge on any atom is -0.258 e. The van der Waals surface area contributed by atoms with Gasteiger partial charge in [0.15, 0.2) is 0 Å². The second-order valence-corrected chi connectivity index (χ2v) is 1.96. The molecular weight excluding hydrogens is 141 g/mol. The van der Waals surface area contributed by atoms with E-state index in [1.54, 1.807) is 0 Å². The van der Waals surface area contributed by atoms with Crippen LogP contribution in [0.25, 0.3) is 0 Å². The van der Waals surface area contributed by atoms with Crippen molar-refractivity contribution in [1.29, 1.82) is 0 Å². The lowest BCUT2D eigenvalue weighted by Crippen LogP contribution is -1.82. The van der Waals surface area contributed by atoms with E-state index in [9.17, 15) is 10.1 Å². The fraction of sp³-hybridized carbons (Fsp3) is 0. The summed E-state index contributed by atoms with van der Waals surface area (Å²) in [5, 5.41) is 13.5. The minimum absolute atomic E-state index is 0.00463. The number of rotatable bonds is 1. The first kappa shape index (κ1) is 6.16. The molecule has 0 aliphatic rings. The van der Waals surface area contributed by atoms with Crippen molar-refractivity contribution in [3.05, 3.63) is 22.5 Å². The molecule has 0 radical (unpaired) electrons. The van der Waals surface area contributed by atoms with Crippen LogP contribution in [-0.2, 0) is 0 Å². The molecular formula is C3H4N3O2P. The maximum absolute atomic E-state index is 9.96. The molecule has 6 heteroatoms. The van der Waals surface area contributed by atoms with E-state index in [1.807, 2.05) is 0 Å². The summed E-state index contributed by atoms with van der Waals surface area (Å²) in [5.74, 6) is 0. The van der Waals surface area contributed by atoms with Crippen molar-refractivity contribution in [3.8, 4) is 0 Å². The van der Waals surface area contributed by atoms with Crippen molar-refractivity contribution < 1.29 is 4.92 Å². The van der Waals surface area contributed by atoms with Gasteiger partial charge in [-0.25, -0.2) is 0 Å². The predicted octanol–water partition coefficient (Wildman–Crippen LogP) is 0.429. The van der Waals surface area contributed by atoms with Crippen molar-refractivity contribution in [2.24, 2.45) is 0 Å². The third-order valence-corrected chi connectivity index (χ3v) is 1.08. The molecule has 0 saturated heterocycles. The highest BCUT2D eigenvalue weighted by atomic mass is 31.0. The van der Waals surface area contributed by atoms with Crippen molar-refractivity contribution >= 4 is 15.1 Å². The number of hydrogen-bond acceptors (Lipinski definition) is 3. The smallest absolute Gasteiger partial charge is 0.258 e. The standard InChI is InChI=1S/C3H4N3O2P/c7-6(8)3-1-4-5(9)2-3/h1-2H,9H2. The molecule has 0 N–H and O–H groups in total. The summed E-state index contributed by atoms with van der Waals surface area (Å²) >= 11 is 0. The number of nitrogens with zero attached hydrogens (tertiary/aromatic N) is 3. The lowest BCUT2D eigenvalue weighted by molar-refractivity contribution is -0.384. The molecule has 0 aliphatic carbocycles. The Labute approximate surface area is 53.1 Å². The van der Waals surface area contributed by atoms with Crippen LogP contribution in [0.5, 0.6) is 0 Å². The van der Waals surface area contributed by atoms with E-state index in [1.165, 1.54) is 16.8 Å². The molecule has 1 atom stereocenters. The zero-order chi connectivity index (χ0) is 6.85. The first-order chi connectivity index (χ1) is 4.20. The van der Waals surface area contributed by atoms with E-state index < -0.39 is 4.92 Å². The number of hydrogen-bond donors (Lipinski definition) is 0. The van der Waals surface area contributed by atoms with E-state index in [-0.39, 0.29) is 5.69 Å². The predicted molar refractivity (Wildman–Crippen MR) is 34.0 cm³/mol. The monoisotopic (exact) mass is 145 g/mol. The van der Waals surface area contributed by atoms with Crippen LogP contribution < -0.4 is 0 Å². The molecule has 0 amide bonds. The van der Waals surface area contributed by atoms with Crippen molar-refractivity contribution in [1.82, 2.24) is 9.55 Å². The van der Waals surface area contributed by atoms with Crippen molar-refractivity contribution in [2.45, 2.75) is 0 Å². The van der Waals surface area contributed by atoms with Crippen LogP contribution in [0.3, 0.4) is 0 Å². The molecule has 0 bridgehead atoms. The van der Waals surface area contributed by atoms with Crippen LogP contribution in [0.1, 0.15) is 0 Å². The van der Waals surface area contributed by atoms with Gasteiger partial charge in [0.25, 0.3) is 0 Å². The normalized spacial score (nSPS) is 9.44. The van der Waals surface area contributed by atoms with Gasteiger partial charge in [-0.05, 0) is 9.39 Å². The SMILES string of the molecule is O=[N+]([O-])c1cnn(P)c1. The highest BCUT2D eigenvalue weighted by molar-refractivity contribution is 7.14. The Kier molecular flexibility index (Phi) is 1.44. The van der Waals surface area contributed by atoms with Crippen LogP contribution in [0.15, 0.2) is 12.4 Å². The zero-order valence-corrected chi connectivity index (χ0v) is 5.54. The third-order valence-electron chi connectivity index (χ3n) is 0.799. The number of nitro groups is 1. The van der Waals surface area contributed by atoms with Crippen molar-refractivity contribution in [3.63, 3.8) is 0 Å². The molecule has 9 heavy (non-hydrogen) atoms. The Hall–Kier alpha value is -0.960. The maximum Gasteiger partial charge on any atom is 0.307 e. The summed E-state index contributed by atoms with van der Waals surface area (Å²) in [6, 6.07) is 0. The number of aromatic nitrogens is 2. The molecule has 0 aliphatic heterocycles. The fourth-order valence-corrected chi connectivity index (χ4v) is 0.642. The molecule has 1 heterocycles. The summed E-state index contributed by atoms with van der Waals surface area (Å²) < 4.78 is 1.30. The van der Waals surface area contributed by atoms with Crippen LogP contribution in [-0.4, -0.2) is 14.5 Å². The van der Waals surface area contributed by atoms with Crippen LogP contribution >= 0.6 is 9.39 Å². The van der Waals surface area contributed by atoms with E-state index in [4.69, 9.17) is 0 Å². The van der Waals surface area contributed by atoms with Gasteiger partial charge in [-0.15, -0.1) is 0 Å². The molecule has 5 nitrogen and oxygen atoms in total. The highest BCUT2D eigenvalue weighted by Crippen LogP contribution is 2.08. The lowest BCUT2D eigenvalue weighted by Gasteiger charge is -1.79. The third kappa shape index (κ3) is 1.23. The van der Waals surface area contributed by atoms with Gasteiger partial charge in [0.1, 0.15) is 12.4 Å². The Morgan fingerprint density at radius 3 is 2.78 bits per heavy atom. The summed E-state index contributed by atoms with van der Waals surface area (Å²) in [6.07, 6.45) is 2.50. The van der Waals surface area contributed by atoms with Crippen LogP contribution in [0, 0.1) is 10.1 Å². The Morgan fingerprint density at radius 1 is 1.89 bits per heavy atom. The first-order valence-corrected chi connectivity index (χ1v) is 2.66. The molecule has 1 aromatic heterocycles. The topological polar surface area (TPSA) is 61.0 Å². The van der Waals surface area contributed by atoms with Crippen LogP contribution in [0.4, 0.5) is 5.69 Å². The lowest BCUT2D eigenvalue weighted by atomic mass is 10.6. The maximum atomic E-state index is 9.96. The van der Waals surface area contributed by atoms with Gasteiger partial charge in [0.05, 0.1) is 4.92 Å². The van der Waals surface area contributed by atoms with E-state index in [2.05, 4.69) is 14.5 Å². The molecule has 0 fully saturated rings. The Bertz CT molecular complexity index is 233. The Morgan fingerprint density at radius 2 is 2.56 bits per heavy atom. The van der Waals surface area contributed by atoms with Gasteiger partial charge in [0, 0.05) is 0 Å². The van der Waals surface area contributed by atoms with E-state index in [0.717, 1.165) is 0 Å². The van der Waals surface area contributed by atoms with Gasteiger partial charge in [-0.1, -0.05) is 0 Å². The summed E-state index contributed by atoms with van der Waals surface area (Å²) in [7, 11) is 2.20. The fourth-order valence-electron chi connectivity index (χ4n) is 0.422. The average molecular weight is 145 g/mol. The second kappa shape index (κ2) is 2.11. The average Bonchev–Trinajstić information content (AvgIpc) is 2.14. The van der Waals surface area contributed by atoms with Gasteiger partial charge < -0.3 is 0 Å². The molecule has 1 rings (SSSR count). The zero-order valence-electron chi connectivity index (χ0n) is 4.39. The first-order valence-electron chi connectivity index (χ1n) is 2.14. The molecule has 0 spiro atoms. The molecule has 0 saturated carbocycles. The van der Waals surface area contributed by atoms with Gasteiger partial charge in [-0.2, -0.15) is 5.10 Å². The molecule has 1 unspecified atom stereocenters. The highest BCUT2D eigenvalue weighted by Gasteiger charge is 2.05. The summed E-state index contributed by atoms with van der Waals surface area (Å²) in [5.41, 5.74) is 0.00463. The van der Waals surface area contributed by atoms with Gasteiger partial charge in [0.2, 0.25) is 0 Å². The molecule has 1 aromatic rings. The van der Waals surface area contributed by atoms with E-state index in [0.29, 0.717) is 0 Å². The summed E-state index contributed by atoms with van der Waals surface area (Å²) in [4.78, 5) is 9.46. The molecule has 0 aromatic carbocycles. The second-order valence-electron chi connectivity index (χ2n) is 1.44. The quantitative estimate of drug-likeness (QED) is 0.327. The minimum atomic E-state index is -0.492. The van der Waals surface area contributed by atoms with Crippen LogP contribution in [0.2, 0.25) is 0 Å². The van der Waals surface area contributed by atoms with Gasteiger partial charge >= 0.3 is 5.69 Å². The van der Waals surface area contributed by atoms with Gasteiger partial charge in [-0.3, -0.25) is 14.6 Å². The Balaban J connectivity index is 2.98. The largest absolute Gasteiger partial charge is 0.307 e.